The molecule has 0 amide bonds. The molecule has 2 N–H and O–H groups in total. The Morgan fingerprint density at radius 3 is 1.50 bits per heavy atom. The van der Waals surface area contributed by atoms with Crippen LogP contribution in [0.5, 0.6) is 11.5 Å². The Bertz CT molecular complexity index is 589. The van der Waals surface area contributed by atoms with Crippen molar-refractivity contribution in [3.63, 3.8) is 0 Å². The van der Waals surface area contributed by atoms with E-state index in [-0.39, 0.29) is 11.5 Å². The minimum Gasteiger partial charge on any atom is -0.503 e. The van der Waals surface area contributed by atoms with E-state index in [4.69, 9.17) is 0 Å². The zero-order chi connectivity index (χ0) is 23.4. The summed E-state index contributed by atoms with van der Waals surface area (Å²) < 4.78 is 0. The van der Waals surface area contributed by atoms with E-state index in [1.807, 2.05) is 0 Å². The van der Waals surface area contributed by atoms with E-state index in [2.05, 4.69) is 26.8 Å². The van der Waals surface area contributed by atoms with Gasteiger partial charge in [-0.25, -0.2) is 0 Å². The number of aryl methyl sites for hydroxylation is 1. The molecule has 0 saturated carbocycles. The molecule has 0 spiro atoms. The minimum absolute atomic E-state index is 0.0588. The van der Waals surface area contributed by atoms with Gasteiger partial charge in [0.1, 0.15) is 0 Å². The quantitative estimate of drug-likeness (QED) is 0.104. The second-order valence-corrected chi connectivity index (χ2v) is 11.4. The second kappa shape index (κ2) is 19.9. The maximum absolute atomic E-state index is 10.5. The monoisotopic (exact) mass is 482 g/mol. The predicted octanol–water partition coefficient (Wildman–Crippen LogP) is 10.1. The molecule has 0 aliphatic carbocycles. The predicted molar refractivity (Wildman–Crippen MR) is 146 cm³/mol. The van der Waals surface area contributed by atoms with Gasteiger partial charge in [-0.1, -0.05) is 117 Å². The van der Waals surface area contributed by atoms with Crippen LogP contribution >= 0.6 is 23.5 Å². The number of rotatable bonds is 21. The molecule has 32 heavy (non-hydrogen) atoms. The standard InChI is InChI=1S/C28H50O2S2/c1-4-7-8-9-10-11-12-13-14-15-16-17-18-19-20-21-22-32-28-24(5-2)23-25(31-6-3)26(29)27(28)30/h23,29-30H,4-22H2,1-3H3. The van der Waals surface area contributed by atoms with Gasteiger partial charge >= 0.3 is 0 Å². The first-order valence-electron chi connectivity index (χ1n) is 13.5. The molecular weight excluding hydrogens is 432 g/mol. The highest BCUT2D eigenvalue weighted by molar-refractivity contribution is 7.99. The lowest BCUT2D eigenvalue weighted by Crippen LogP contribution is -1.91. The summed E-state index contributed by atoms with van der Waals surface area (Å²) in [5.74, 6) is 2.05. The number of benzene rings is 1. The van der Waals surface area contributed by atoms with Gasteiger partial charge in [0.15, 0.2) is 11.5 Å². The summed E-state index contributed by atoms with van der Waals surface area (Å²) in [6, 6.07) is 2.05. The number of unbranched alkanes of at least 4 members (excludes halogenated alkanes) is 15. The van der Waals surface area contributed by atoms with Crippen molar-refractivity contribution in [1.82, 2.24) is 0 Å². The molecule has 0 fully saturated rings. The highest BCUT2D eigenvalue weighted by Crippen LogP contribution is 2.45. The fourth-order valence-electron chi connectivity index (χ4n) is 4.18. The Morgan fingerprint density at radius 1 is 0.594 bits per heavy atom. The van der Waals surface area contributed by atoms with Crippen LogP contribution in [0.3, 0.4) is 0 Å². The van der Waals surface area contributed by atoms with Crippen LogP contribution in [0, 0.1) is 0 Å². The maximum Gasteiger partial charge on any atom is 0.172 e. The van der Waals surface area contributed by atoms with Crippen molar-refractivity contribution in [1.29, 1.82) is 0 Å². The van der Waals surface area contributed by atoms with Crippen LogP contribution in [0.15, 0.2) is 15.9 Å². The molecule has 186 valence electrons. The third-order valence-electron chi connectivity index (χ3n) is 6.19. The number of phenolic OH excluding ortho intramolecular Hbond substituents is 2. The fraction of sp³-hybridized carbons (Fsp3) is 0.786. The lowest BCUT2D eigenvalue weighted by Gasteiger charge is -2.14. The molecule has 0 saturated heterocycles. The number of phenols is 2. The van der Waals surface area contributed by atoms with Crippen molar-refractivity contribution >= 4 is 23.5 Å². The van der Waals surface area contributed by atoms with Crippen LogP contribution < -0.4 is 0 Å². The molecule has 0 aliphatic rings. The maximum atomic E-state index is 10.5. The summed E-state index contributed by atoms with van der Waals surface area (Å²) in [4.78, 5) is 1.68. The summed E-state index contributed by atoms with van der Waals surface area (Å²) in [5, 5.41) is 20.8. The molecule has 0 aromatic heterocycles. The van der Waals surface area contributed by atoms with Gasteiger partial charge in [0.25, 0.3) is 0 Å². The third-order valence-corrected chi connectivity index (χ3v) is 8.34. The van der Waals surface area contributed by atoms with E-state index in [1.54, 1.807) is 23.5 Å². The van der Waals surface area contributed by atoms with Crippen molar-refractivity contribution in [3.05, 3.63) is 11.6 Å². The summed E-state index contributed by atoms with van der Waals surface area (Å²) in [5.41, 5.74) is 1.15. The van der Waals surface area contributed by atoms with E-state index in [0.717, 1.165) is 33.3 Å². The first-order valence-corrected chi connectivity index (χ1v) is 15.5. The van der Waals surface area contributed by atoms with E-state index in [9.17, 15) is 10.2 Å². The van der Waals surface area contributed by atoms with Gasteiger partial charge in [0.2, 0.25) is 0 Å². The Hall–Kier alpha value is -0.480. The Morgan fingerprint density at radius 2 is 1.06 bits per heavy atom. The lowest BCUT2D eigenvalue weighted by molar-refractivity contribution is 0.385. The minimum atomic E-state index is 0.0588. The zero-order valence-electron chi connectivity index (χ0n) is 21.2. The van der Waals surface area contributed by atoms with Crippen molar-refractivity contribution < 1.29 is 10.2 Å². The van der Waals surface area contributed by atoms with Gasteiger partial charge in [-0.05, 0) is 36.0 Å². The van der Waals surface area contributed by atoms with Crippen molar-refractivity contribution in [2.75, 3.05) is 11.5 Å². The topological polar surface area (TPSA) is 40.5 Å². The summed E-state index contributed by atoms with van der Waals surface area (Å²) >= 11 is 3.29. The van der Waals surface area contributed by atoms with E-state index in [1.165, 1.54) is 103 Å². The molecule has 1 aromatic carbocycles. The van der Waals surface area contributed by atoms with Gasteiger partial charge < -0.3 is 10.2 Å². The van der Waals surface area contributed by atoms with Gasteiger partial charge in [-0.15, -0.1) is 23.5 Å². The lowest BCUT2D eigenvalue weighted by atomic mass is 10.0. The van der Waals surface area contributed by atoms with Crippen molar-refractivity contribution in [3.8, 4) is 11.5 Å². The van der Waals surface area contributed by atoms with E-state index >= 15 is 0 Å². The molecule has 0 radical (unpaired) electrons. The molecule has 1 aromatic rings. The number of hydrogen-bond donors (Lipinski definition) is 2. The highest BCUT2D eigenvalue weighted by atomic mass is 32.2. The van der Waals surface area contributed by atoms with Crippen LogP contribution in [0.2, 0.25) is 0 Å². The van der Waals surface area contributed by atoms with Crippen LogP contribution in [0.4, 0.5) is 0 Å². The molecule has 0 aliphatic heterocycles. The SMILES string of the molecule is CCCCCCCCCCCCCCCCCCSc1c(CC)cc(SCC)c(O)c1O. The third kappa shape index (κ3) is 12.7. The Kier molecular flexibility index (Phi) is 18.4. The molecular formula is C28H50O2S2. The highest BCUT2D eigenvalue weighted by Gasteiger charge is 2.16. The molecule has 1 rings (SSSR count). The van der Waals surface area contributed by atoms with Crippen molar-refractivity contribution in [2.24, 2.45) is 0 Å². The van der Waals surface area contributed by atoms with Crippen LogP contribution in [-0.2, 0) is 6.42 Å². The van der Waals surface area contributed by atoms with Gasteiger partial charge in [0.05, 0.1) is 9.79 Å². The fourth-order valence-corrected chi connectivity index (χ4v) is 6.13. The van der Waals surface area contributed by atoms with Crippen LogP contribution in [0.1, 0.15) is 129 Å². The Labute approximate surface area is 207 Å². The van der Waals surface area contributed by atoms with Gasteiger partial charge in [0, 0.05) is 0 Å². The number of hydrogen-bond acceptors (Lipinski definition) is 4. The van der Waals surface area contributed by atoms with Crippen molar-refractivity contribution in [2.45, 2.75) is 140 Å². The average Bonchev–Trinajstić information content (AvgIpc) is 2.80. The summed E-state index contributed by atoms with van der Waals surface area (Å²) in [6.45, 7) is 6.46. The normalized spacial score (nSPS) is 11.3. The van der Waals surface area contributed by atoms with Crippen LogP contribution in [-0.4, -0.2) is 21.7 Å². The first kappa shape index (κ1) is 29.6. The smallest absolute Gasteiger partial charge is 0.172 e. The molecule has 0 bridgehead atoms. The molecule has 0 heterocycles. The molecule has 4 heteroatoms. The molecule has 0 unspecified atom stereocenters. The number of thioether (sulfide) groups is 2. The summed E-state index contributed by atoms with van der Waals surface area (Å²) in [6.07, 6.45) is 23.1. The number of aromatic hydroxyl groups is 2. The summed E-state index contributed by atoms with van der Waals surface area (Å²) in [7, 11) is 0. The van der Waals surface area contributed by atoms with Gasteiger partial charge in [-0.2, -0.15) is 0 Å². The molecule has 0 atom stereocenters. The average molecular weight is 483 g/mol. The van der Waals surface area contributed by atoms with Crippen LogP contribution in [0.25, 0.3) is 0 Å². The second-order valence-electron chi connectivity index (χ2n) is 9.00. The van der Waals surface area contributed by atoms with E-state index in [0.29, 0.717) is 0 Å². The first-order chi connectivity index (χ1) is 15.7. The zero-order valence-corrected chi connectivity index (χ0v) is 22.9. The largest absolute Gasteiger partial charge is 0.503 e. The Balaban J connectivity index is 2.03. The molecule has 2 nitrogen and oxygen atoms in total. The van der Waals surface area contributed by atoms with Gasteiger partial charge in [-0.3, -0.25) is 0 Å². The van der Waals surface area contributed by atoms with E-state index < -0.39 is 0 Å².